The Hall–Kier alpha value is -0.0800. The monoisotopic (exact) mass is 194 g/mol. The maximum Gasteiger partial charge on any atom is 0.0312 e. The Balaban J connectivity index is 1.54. The second kappa shape index (κ2) is 2.96. The number of fused-ring (bicyclic) bond motifs is 1. The Morgan fingerprint density at radius 2 is 2.00 bits per heavy atom. The van der Waals surface area contributed by atoms with Crippen molar-refractivity contribution in [3.05, 3.63) is 0 Å². The van der Waals surface area contributed by atoms with Crippen molar-refractivity contribution in [2.75, 3.05) is 13.1 Å². The average Bonchev–Trinajstić information content (AvgIpc) is 2.74. The van der Waals surface area contributed by atoms with Gasteiger partial charge in [-0.2, -0.15) is 0 Å². The first-order valence-electron chi connectivity index (χ1n) is 6.20. The van der Waals surface area contributed by atoms with Crippen molar-refractivity contribution in [2.45, 2.75) is 56.5 Å². The fraction of sp³-hybridized carbons (Fsp3) is 1.00. The van der Waals surface area contributed by atoms with E-state index >= 15 is 0 Å². The zero-order valence-corrected chi connectivity index (χ0v) is 9.23. The predicted octanol–water partition coefficient (Wildman–Crippen LogP) is 1.66. The fourth-order valence-corrected chi connectivity index (χ4v) is 3.62. The Morgan fingerprint density at radius 1 is 1.29 bits per heavy atom. The first-order valence-corrected chi connectivity index (χ1v) is 6.20. The predicted molar refractivity (Wildman–Crippen MR) is 58.3 cm³/mol. The first kappa shape index (κ1) is 9.17. The molecule has 2 bridgehead atoms. The molecule has 2 aliphatic carbocycles. The van der Waals surface area contributed by atoms with Gasteiger partial charge < -0.3 is 10.6 Å². The molecule has 4 aliphatic rings. The SMILES string of the molecule is CC1(NCC23CC(CN2)C3)CCCC1. The Labute approximate surface area is 86.8 Å². The van der Waals surface area contributed by atoms with E-state index in [1.807, 2.05) is 0 Å². The van der Waals surface area contributed by atoms with Crippen LogP contribution in [0.3, 0.4) is 0 Å². The van der Waals surface area contributed by atoms with Crippen LogP contribution in [-0.4, -0.2) is 24.2 Å². The zero-order chi connectivity index (χ0) is 9.65. The van der Waals surface area contributed by atoms with Gasteiger partial charge in [0.15, 0.2) is 0 Å². The Bertz CT molecular complexity index is 209. The lowest BCUT2D eigenvalue weighted by molar-refractivity contribution is 0.194. The van der Waals surface area contributed by atoms with Gasteiger partial charge in [-0.15, -0.1) is 0 Å². The highest BCUT2D eigenvalue weighted by molar-refractivity contribution is 5.10. The van der Waals surface area contributed by atoms with Gasteiger partial charge >= 0.3 is 0 Å². The summed E-state index contributed by atoms with van der Waals surface area (Å²) in [7, 11) is 0. The van der Waals surface area contributed by atoms with Crippen molar-refractivity contribution in [1.82, 2.24) is 10.6 Å². The molecule has 4 fully saturated rings. The summed E-state index contributed by atoms with van der Waals surface area (Å²) >= 11 is 0. The summed E-state index contributed by atoms with van der Waals surface area (Å²) in [5.41, 5.74) is 0.973. The molecule has 0 amide bonds. The fourth-order valence-electron chi connectivity index (χ4n) is 3.62. The van der Waals surface area contributed by atoms with Crippen LogP contribution in [-0.2, 0) is 0 Å². The van der Waals surface area contributed by atoms with Crippen molar-refractivity contribution in [3.8, 4) is 0 Å². The lowest BCUT2D eigenvalue weighted by atomic mass is 9.73. The highest BCUT2D eigenvalue weighted by Crippen LogP contribution is 2.43. The van der Waals surface area contributed by atoms with Crippen molar-refractivity contribution >= 4 is 0 Å². The third-order valence-electron chi connectivity index (χ3n) is 4.69. The number of nitrogens with one attached hydrogen (secondary N) is 2. The second-order valence-corrected chi connectivity index (χ2v) is 6.06. The Morgan fingerprint density at radius 3 is 2.57 bits per heavy atom. The van der Waals surface area contributed by atoms with Gasteiger partial charge in [0.1, 0.15) is 0 Å². The first-order chi connectivity index (χ1) is 6.70. The molecule has 2 N–H and O–H groups in total. The van der Waals surface area contributed by atoms with E-state index in [1.54, 1.807) is 0 Å². The van der Waals surface area contributed by atoms with Crippen LogP contribution in [0.1, 0.15) is 45.4 Å². The van der Waals surface area contributed by atoms with Crippen LogP contribution in [0.15, 0.2) is 0 Å². The number of rotatable bonds is 3. The molecule has 0 aromatic rings. The molecule has 2 nitrogen and oxygen atoms in total. The topological polar surface area (TPSA) is 24.1 Å². The normalized spacial score (nSPS) is 43.9. The molecule has 2 aliphatic heterocycles. The molecule has 0 atom stereocenters. The van der Waals surface area contributed by atoms with Crippen molar-refractivity contribution in [2.24, 2.45) is 5.92 Å². The van der Waals surface area contributed by atoms with E-state index in [1.165, 1.54) is 51.6 Å². The molecule has 2 heteroatoms. The highest BCUT2D eigenvalue weighted by Gasteiger charge is 2.50. The standard InChI is InChI=1S/C12H22N2/c1-11(4-2-3-5-11)14-9-12-6-10(7-12)8-13-12/h10,13-14H,2-9H2,1H3. The summed E-state index contributed by atoms with van der Waals surface area (Å²) in [5, 5.41) is 7.50. The number of hydrogen-bond acceptors (Lipinski definition) is 2. The molecule has 2 saturated carbocycles. The molecule has 0 aromatic carbocycles. The van der Waals surface area contributed by atoms with Gasteiger partial charge in [0.25, 0.3) is 0 Å². The minimum absolute atomic E-state index is 0.462. The summed E-state index contributed by atoms with van der Waals surface area (Å²) in [6.45, 7) is 4.89. The molecule has 80 valence electrons. The van der Waals surface area contributed by atoms with Crippen LogP contribution >= 0.6 is 0 Å². The molecule has 0 aromatic heterocycles. The van der Waals surface area contributed by atoms with Gasteiger partial charge in [-0.3, -0.25) is 0 Å². The minimum atomic E-state index is 0.462. The van der Waals surface area contributed by atoms with Crippen LogP contribution in [0, 0.1) is 5.92 Å². The second-order valence-electron chi connectivity index (χ2n) is 6.06. The summed E-state index contributed by atoms with van der Waals surface area (Å²) in [6, 6.07) is 0. The van der Waals surface area contributed by atoms with E-state index in [0.29, 0.717) is 11.1 Å². The maximum absolute atomic E-state index is 3.82. The van der Waals surface area contributed by atoms with Gasteiger partial charge in [-0.25, -0.2) is 0 Å². The lowest BCUT2D eigenvalue weighted by Crippen LogP contribution is -2.55. The smallest absolute Gasteiger partial charge is 0.0312 e. The van der Waals surface area contributed by atoms with Crippen LogP contribution in [0.2, 0.25) is 0 Å². The average molecular weight is 194 g/mol. The summed E-state index contributed by atoms with van der Waals surface area (Å²) < 4.78 is 0. The van der Waals surface area contributed by atoms with Crippen LogP contribution in [0.4, 0.5) is 0 Å². The third-order valence-corrected chi connectivity index (χ3v) is 4.69. The molecule has 14 heavy (non-hydrogen) atoms. The van der Waals surface area contributed by atoms with E-state index < -0.39 is 0 Å². The van der Waals surface area contributed by atoms with Gasteiger partial charge in [0.05, 0.1) is 0 Å². The lowest BCUT2D eigenvalue weighted by Gasteiger charge is -2.40. The van der Waals surface area contributed by atoms with Crippen LogP contribution in [0.25, 0.3) is 0 Å². The number of hydrogen-bond donors (Lipinski definition) is 2. The van der Waals surface area contributed by atoms with Crippen LogP contribution in [0.5, 0.6) is 0 Å². The van der Waals surface area contributed by atoms with Crippen molar-refractivity contribution < 1.29 is 0 Å². The van der Waals surface area contributed by atoms with E-state index in [2.05, 4.69) is 17.6 Å². The van der Waals surface area contributed by atoms with Crippen LogP contribution < -0.4 is 10.6 Å². The highest BCUT2D eigenvalue weighted by atomic mass is 15.1. The van der Waals surface area contributed by atoms with Gasteiger partial charge in [0, 0.05) is 17.6 Å². The van der Waals surface area contributed by atoms with E-state index in [9.17, 15) is 0 Å². The van der Waals surface area contributed by atoms with E-state index in [4.69, 9.17) is 0 Å². The molecular formula is C12H22N2. The van der Waals surface area contributed by atoms with E-state index in [-0.39, 0.29) is 0 Å². The minimum Gasteiger partial charge on any atom is -0.310 e. The maximum atomic E-state index is 3.82. The molecule has 2 saturated heterocycles. The molecular weight excluding hydrogens is 172 g/mol. The van der Waals surface area contributed by atoms with Gasteiger partial charge in [0.2, 0.25) is 0 Å². The molecule has 0 unspecified atom stereocenters. The molecule has 0 spiro atoms. The molecule has 0 radical (unpaired) electrons. The summed E-state index contributed by atoms with van der Waals surface area (Å²) in [4.78, 5) is 0. The van der Waals surface area contributed by atoms with Gasteiger partial charge in [-0.1, -0.05) is 12.8 Å². The molecule has 4 rings (SSSR count). The third kappa shape index (κ3) is 1.40. The van der Waals surface area contributed by atoms with Crippen molar-refractivity contribution in [1.29, 1.82) is 0 Å². The van der Waals surface area contributed by atoms with Gasteiger partial charge in [-0.05, 0) is 45.1 Å². The zero-order valence-electron chi connectivity index (χ0n) is 9.23. The van der Waals surface area contributed by atoms with Crippen molar-refractivity contribution in [3.63, 3.8) is 0 Å². The molecule has 2 heterocycles. The summed E-state index contributed by atoms with van der Waals surface area (Å²) in [5.74, 6) is 1.01. The largest absolute Gasteiger partial charge is 0.310 e. The Kier molecular flexibility index (Phi) is 1.94. The quantitative estimate of drug-likeness (QED) is 0.714. The van der Waals surface area contributed by atoms with E-state index in [0.717, 1.165) is 5.92 Å². The summed E-state index contributed by atoms with van der Waals surface area (Å²) in [6.07, 6.45) is 8.46.